The van der Waals surface area contributed by atoms with Gasteiger partial charge in [0.05, 0.1) is 42.1 Å². The number of hydrogen-bond donors (Lipinski definition) is 3. The van der Waals surface area contributed by atoms with E-state index >= 15 is 0 Å². The molecule has 0 fully saturated rings. The van der Waals surface area contributed by atoms with Crippen molar-refractivity contribution in [2.24, 2.45) is 0 Å². The number of rotatable bonds is 10. The Morgan fingerprint density at radius 2 is 0.814 bits per heavy atom. The van der Waals surface area contributed by atoms with E-state index in [4.69, 9.17) is 25.6 Å². The van der Waals surface area contributed by atoms with Gasteiger partial charge in [0.1, 0.15) is 0 Å². The summed E-state index contributed by atoms with van der Waals surface area (Å²) in [5.41, 5.74) is 12.1. The first-order valence-corrected chi connectivity index (χ1v) is 45.6. The second kappa shape index (κ2) is 55.6. The van der Waals surface area contributed by atoms with Gasteiger partial charge in [-0.2, -0.15) is 6.66 Å². The Morgan fingerprint density at radius 3 is 1.30 bits per heavy atom. The first-order chi connectivity index (χ1) is 51.5. The van der Waals surface area contributed by atoms with Gasteiger partial charge in [0, 0.05) is 103 Å². The van der Waals surface area contributed by atoms with Gasteiger partial charge < -0.3 is 70.4 Å². The quantitative estimate of drug-likeness (QED) is 0.0305. The van der Waals surface area contributed by atoms with Crippen LogP contribution in [0.3, 0.4) is 0 Å². The van der Waals surface area contributed by atoms with E-state index in [-0.39, 0.29) is 125 Å². The molecule has 0 bridgehead atoms. The van der Waals surface area contributed by atoms with Crippen LogP contribution < -0.4 is 41.3 Å². The summed E-state index contributed by atoms with van der Waals surface area (Å²) in [4.78, 5) is 35.0. The normalized spacial score (nSPS) is 10.4. The van der Waals surface area contributed by atoms with E-state index in [1.54, 1.807) is 38.7 Å². The van der Waals surface area contributed by atoms with Crippen LogP contribution in [0.15, 0.2) is 283 Å². The summed E-state index contributed by atoms with van der Waals surface area (Å²) in [6, 6.07) is 86.3. The fourth-order valence-electron chi connectivity index (χ4n) is 12.2. The summed E-state index contributed by atoms with van der Waals surface area (Å²) >= 11 is 23.7. The van der Waals surface area contributed by atoms with E-state index in [0.717, 1.165) is 70.8 Å². The molecule has 0 spiro atoms. The van der Waals surface area contributed by atoms with E-state index < -0.39 is 12.7 Å². The van der Waals surface area contributed by atoms with Crippen molar-refractivity contribution in [2.45, 2.75) is 66.9 Å². The molecule has 3 radical (unpaired) electrons. The van der Waals surface area contributed by atoms with E-state index in [0.29, 0.717) is 42.0 Å². The first kappa shape index (κ1) is 110. The second-order valence-corrected chi connectivity index (χ2v) is 29.5. The zero-order valence-electron chi connectivity index (χ0n) is 66.2. The molecule has 0 aromatic heterocycles. The molecular weight excluding hydrogens is 2220 g/mol. The average molecular weight is 2310 g/mol. The molecule has 0 saturated carbocycles. The van der Waals surface area contributed by atoms with Crippen LogP contribution in [0.1, 0.15) is 105 Å². The summed E-state index contributed by atoms with van der Waals surface area (Å²) in [7, 11) is 2.83. The number of aliphatic hydroxyl groups is 1. The molecule has 0 unspecified atom stereocenters. The van der Waals surface area contributed by atoms with Crippen molar-refractivity contribution in [3.05, 3.63) is 335 Å². The van der Waals surface area contributed by atoms with Crippen molar-refractivity contribution in [2.75, 3.05) is 26.5 Å². The predicted molar refractivity (Wildman–Crippen MR) is 515 cm³/mol. The molecule has 13 aromatic rings. The van der Waals surface area contributed by atoms with Crippen LogP contribution in [-0.4, -0.2) is 98.1 Å². The minimum absolute atomic E-state index is 0. The van der Waals surface area contributed by atoms with Crippen molar-refractivity contribution in [3.8, 4) is 33.4 Å². The number of halogens is 9. The summed E-state index contributed by atoms with van der Waals surface area (Å²) < 4.78 is 26.0. The van der Waals surface area contributed by atoms with Crippen molar-refractivity contribution < 1.29 is 100 Å². The van der Waals surface area contributed by atoms with Crippen molar-refractivity contribution in [1.82, 2.24) is 0 Å². The van der Waals surface area contributed by atoms with Crippen molar-refractivity contribution in [3.63, 3.8) is 0 Å². The zero-order chi connectivity index (χ0) is 78.5. The van der Waals surface area contributed by atoms with Gasteiger partial charge in [-0.05, 0) is 241 Å². The van der Waals surface area contributed by atoms with Gasteiger partial charge in [0.15, 0.2) is 0 Å². The van der Waals surface area contributed by atoms with E-state index in [2.05, 4.69) is 272 Å². The van der Waals surface area contributed by atoms with E-state index in [1.807, 2.05) is 154 Å². The Kier molecular flexibility index (Phi) is 54.0. The molecule has 3 N–H and O–H groups in total. The third-order valence-electron chi connectivity index (χ3n) is 16.7. The molecule has 1 aliphatic rings. The molecule has 0 aliphatic heterocycles. The summed E-state index contributed by atoms with van der Waals surface area (Å²) in [6.07, 6.45) is 0. The molecule has 0 atom stereocenters. The largest absolute Gasteiger partial charge is 2.00 e. The van der Waals surface area contributed by atoms with Crippen LogP contribution in [0.25, 0.3) is 76.5 Å². The molecule has 0 amide bonds. The molecule has 0 saturated heterocycles. The minimum Gasteiger partial charge on any atom is -1.00 e. The van der Waals surface area contributed by atoms with E-state index in [9.17, 15) is 19.5 Å². The third-order valence-corrected chi connectivity index (χ3v) is 20.9. The fourth-order valence-corrected chi connectivity index (χ4v) is 16.5. The number of carbonyl (C=O) groups is 3. The van der Waals surface area contributed by atoms with Gasteiger partial charge >= 0.3 is 66.9 Å². The van der Waals surface area contributed by atoms with Gasteiger partial charge in [-0.25, -0.2) is 14.4 Å². The molecule has 9 nitrogen and oxygen atoms in total. The van der Waals surface area contributed by atoms with Gasteiger partial charge in [0.2, 0.25) is 0 Å². The molecule has 14 rings (SSSR count). The topological polar surface area (TPSA) is 140 Å². The molecule has 577 valence electrons. The number of carbonyl (C=O) groups excluding carboxylic acids is 3. The molecule has 13 aromatic carbocycles. The van der Waals surface area contributed by atoms with Crippen LogP contribution in [0, 0.1) is 18.4 Å². The van der Waals surface area contributed by atoms with Gasteiger partial charge in [-0.3, -0.25) is 0 Å². The third kappa shape index (κ3) is 29.3. The summed E-state index contributed by atoms with van der Waals surface area (Å²) in [5, 5.41) is 38.0. The molecule has 1 aliphatic carbocycles. The van der Waals surface area contributed by atoms with Gasteiger partial charge in [0.25, 0.3) is 0 Å². The Bertz CT molecular complexity index is 5140. The zero-order valence-corrected chi connectivity index (χ0v) is 86.6. The SMILES string of the molecule is CC(C)(O)c1c(Br)cccc1-c1cccc2ccccc12.CC1(C)c2ccc3ccccc3c2-c2cccc(Br)c21.CCOC(=O)c1c(Br)cccc1-c1cccc2ccccc12.CCOC(=O)c1c(Br)cccc1I.CCOC(=O)c1ccccc1Br.C[PH-].II.OB(O)c1cccc2ccccc12.[3H]C.[B].[Br-].[CH3-].[CH3-].[Li+].[Mg+2].[Zn]. The van der Waals surface area contributed by atoms with Gasteiger partial charge in [-0.15, -0.1) is 0 Å². The average Bonchev–Trinajstić information content (AvgIpc) is 1.56. The molecule has 113 heavy (non-hydrogen) atoms. The second-order valence-electron chi connectivity index (χ2n) is 24.1. The molecule has 0 heterocycles. The maximum absolute atomic E-state index is 12.3. The summed E-state index contributed by atoms with van der Waals surface area (Å²) in [6.45, 7) is 16.6. The standard InChI is InChI=1S/C19H15BrO2.C19H17BrO.C19H15Br.C10H9BO2.C9H8BrIO2.C9H9BrO2.CH4P.CH4.2CH3.B.BrH.I2.Li.Mg.Zn/c1-2-22-19(21)18-16(11-6-12-17(18)20)15-10-5-8-13-7-3-4-9-14(13)15;1-19(2,21)18-16(11-6-12-17(18)20)15-10-5-8-13-7-3-4-9-14(13)15;1-19(2)15-11-10-12-6-3-4-7-13(12)17(15)14-8-5-9-16(20)18(14)19;12-11(13)10-7-3-5-8-4-1-2-6-9(8)10;1-2-13-9(12)8-6(10)4-3-5-7(8)11;1-2-12-9(11)7-5-3-4-6-8(7)10;1-2;;;;;;1-2;;;/h3-12H,2H2,1H3;3-12,21H,1-2H3;3-11H,1-2H3;1-7,12-13H;3-5H,2H2,1H3;3-6H,2H2,1H3;2H,1H3;1H4;2*1H3;;1H;;;;/q;;;;;;-1;;2*-1;;;;+1;+2;/p-1/i;;;;;;;1T;;;;;;;;. The number of hydrogen-bond acceptors (Lipinski definition) is 9. The maximum atomic E-state index is 12.3. The van der Waals surface area contributed by atoms with Gasteiger partial charge in [-0.1, -0.05) is 271 Å². The van der Waals surface area contributed by atoms with E-state index in [1.165, 1.54) is 55.7 Å². The number of benzene rings is 13. The Balaban J connectivity index is 0. The minimum atomic E-state index is -1.40. The number of ether oxygens (including phenoxy) is 3. The monoisotopic (exact) mass is 2300 g/mol. The van der Waals surface area contributed by atoms with Crippen LogP contribution in [0.5, 0.6) is 0 Å². The van der Waals surface area contributed by atoms with Crippen LogP contribution >= 0.6 is 149 Å². The van der Waals surface area contributed by atoms with Crippen LogP contribution in [0.4, 0.5) is 0 Å². The van der Waals surface area contributed by atoms with Crippen LogP contribution in [0.2, 0.25) is 0 Å². The molecular formula is C89H87B2Br6I3LiMgO9PZn-. The van der Waals surface area contributed by atoms with Crippen LogP contribution in [-0.2, 0) is 44.7 Å². The fraction of sp³-hybridized carbons (Fsp3) is 0.157. The first-order valence-electron chi connectivity index (χ1n) is 34.3. The van der Waals surface area contributed by atoms with Crippen molar-refractivity contribution >= 4 is 254 Å². The number of esters is 3. The number of fused-ring (bicyclic) bond motifs is 8. The maximum Gasteiger partial charge on any atom is 2.00 e. The summed E-state index contributed by atoms with van der Waals surface area (Å²) in [5.74, 6) is -0.873. The smallest absolute Gasteiger partial charge is 1.00 e. The molecule has 24 heteroatoms. The predicted octanol–water partition coefficient (Wildman–Crippen LogP) is 20.5. The Labute approximate surface area is 805 Å². The Morgan fingerprint density at radius 1 is 0.469 bits per heavy atom. The Hall–Kier alpha value is -3.19. The van der Waals surface area contributed by atoms with Crippen molar-refractivity contribution in [1.29, 1.82) is 0 Å².